The summed E-state index contributed by atoms with van der Waals surface area (Å²) >= 11 is 0. The SMILES string of the molecule is Cc1nn(C)c(C(=O)NCC2CC2(F)F)c1C. The van der Waals surface area contributed by atoms with Crippen molar-refractivity contribution in [2.24, 2.45) is 13.0 Å². The van der Waals surface area contributed by atoms with Gasteiger partial charge in [0.15, 0.2) is 0 Å². The average molecular weight is 243 g/mol. The number of alkyl halides is 2. The third kappa shape index (κ3) is 2.16. The standard InChI is InChI=1S/C11H15F2N3O/c1-6-7(2)15-16(3)9(6)10(17)14-5-8-4-11(8,12)13/h8H,4-5H2,1-3H3,(H,14,17). The number of aromatic nitrogens is 2. The van der Waals surface area contributed by atoms with Gasteiger partial charge in [0.25, 0.3) is 11.8 Å². The van der Waals surface area contributed by atoms with Gasteiger partial charge in [-0.15, -0.1) is 0 Å². The molecule has 1 aliphatic carbocycles. The van der Waals surface area contributed by atoms with Gasteiger partial charge in [-0.1, -0.05) is 0 Å². The Morgan fingerprint density at radius 3 is 2.59 bits per heavy atom. The van der Waals surface area contributed by atoms with Crippen LogP contribution in [0.1, 0.15) is 28.2 Å². The van der Waals surface area contributed by atoms with Crippen LogP contribution in [0.5, 0.6) is 0 Å². The Bertz CT molecular complexity index is 468. The fourth-order valence-corrected chi connectivity index (χ4v) is 1.87. The maximum absolute atomic E-state index is 12.6. The molecule has 0 radical (unpaired) electrons. The van der Waals surface area contributed by atoms with Gasteiger partial charge in [-0.2, -0.15) is 5.10 Å². The molecule has 1 N–H and O–H groups in total. The molecule has 6 heteroatoms. The summed E-state index contributed by atoms with van der Waals surface area (Å²) in [4.78, 5) is 11.8. The molecule has 4 nitrogen and oxygen atoms in total. The van der Waals surface area contributed by atoms with Gasteiger partial charge in [0.2, 0.25) is 0 Å². The minimum Gasteiger partial charge on any atom is -0.350 e. The second kappa shape index (κ2) is 3.78. The van der Waals surface area contributed by atoms with E-state index in [2.05, 4.69) is 10.4 Å². The number of nitrogens with one attached hydrogen (secondary N) is 1. The van der Waals surface area contributed by atoms with Crippen LogP contribution in [0.4, 0.5) is 8.78 Å². The third-order valence-corrected chi connectivity index (χ3v) is 3.20. The fourth-order valence-electron chi connectivity index (χ4n) is 1.87. The van der Waals surface area contributed by atoms with Crippen molar-refractivity contribution in [1.29, 1.82) is 0 Å². The molecule has 0 bridgehead atoms. The predicted molar refractivity (Wildman–Crippen MR) is 58.1 cm³/mol. The molecule has 0 saturated heterocycles. The Morgan fingerprint density at radius 2 is 2.18 bits per heavy atom. The first kappa shape index (κ1) is 12.0. The van der Waals surface area contributed by atoms with Crippen molar-refractivity contribution in [3.05, 3.63) is 17.0 Å². The first-order valence-corrected chi connectivity index (χ1v) is 5.49. The predicted octanol–water partition coefficient (Wildman–Crippen LogP) is 1.42. The molecule has 0 aromatic carbocycles. The van der Waals surface area contributed by atoms with Gasteiger partial charge in [-0.3, -0.25) is 9.48 Å². The molecule has 1 fully saturated rings. The van der Waals surface area contributed by atoms with Crippen molar-refractivity contribution in [3.8, 4) is 0 Å². The van der Waals surface area contributed by atoms with Crippen LogP contribution in [0.2, 0.25) is 0 Å². The van der Waals surface area contributed by atoms with Gasteiger partial charge >= 0.3 is 0 Å². The number of carbonyl (C=O) groups excluding carboxylic acids is 1. The molecule has 1 aromatic heterocycles. The zero-order valence-electron chi connectivity index (χ0n) is 10.1. The molecule has 0 spiro atoms. The summed E-state index contributed by atoms with van der Waals surface area (Å²) in [6.07, 6.45) is -0.128. The topological polar surface area (TPSA) is 46.9 Å². The molecule has 1 saturated carbocycles. The van der Waals surface area contributed by atoms with Crippen LogP contribution in [-0.4, -0.2) is 28.2 Å². The largest absolute Gasteiger partial charge is 0.350 e. The summed E-state index contributed by atoms with van der Waals surface area (Å²) in [5.74, 6) is -3.64. The lowest BCUT2D eigenvalue weighted by Crippen LogP contribution is -2.29. The zero-order chi connectivity index (χ0) is 12.8. The summed E-state index contributed by atoms with van der Waals surface area (Å²) in [7, 11) is 1.67. The molecule has 0 aliphatic heterocycles. The van der Waals surface area contributed by atoms with Crippen LogP contribution in [0, 0.1) is 19.8 Å². The maximum atomic E-state index is 12.6. The monoisotopic (exact) mass is 243 g/mol. The molecule has 17 heavy (non-hydrogen) atoms. The summed E-state index contributed by atoms with van der Waals surface area (Å²) in [5.41, 5.74) is 1.99. The summed E-state index contributed by atoms with van der Waals surface area (Å²) in [6.45, 7) is 3.62. The fraction of sp³-hybridized carbons (Fsp3) is 0.636. The van der Waals surface area contributed by atoms with E-state index in [4.69, 9.17) is 0 Å². The van der Waals surface area contributed by atoms with Crippen molar-refractivity contribution in [2.75, 3.05) is 6.54 Å². The lowest BCUT2D eigenvalue weighted by Gasteiger charge is -2.05. The van der Waals surface area contributed by atoms with Gasteiger partial charge in [-0.05, 0) is 13.8 Å². The van der Waals surface area contributed by atoms with Crippen molar-refractivity contribution in [3.63, 3.8) is 0 Å². The van der Waals surface area contributed by atoms with E-state index < -0.39 is 11.8 Å². The average Bonchev–Trinajstić information content (AvgIpc) is 2.74. The smallest absolute Gasteiger partial charge is 0.269 e. The normalized spacial score (nSPS) is 21.4. The van der Waals surface area contributed by atoms with E-state index in [1.54, 1.807) is 20.9 Å². The van der Waals surface area contributed by atoms with Crippen LogP contribution in [-0.2, 0) is 7.05 Å². The minimum atomic E-state index is -2.59. The highest BCUT2D eigenvalue weighted by Crippen LogP contribution is 2.47. The van der Waals surface area contributed by atoms with Crippen LogP contribution < -0.4 is 5.32 Å². The van der Waals surface area contributed by atoms with Gasteiger partial charge < -0.3 is 5.32 Å². The van der Waals surface area contributed by atoms with Crippen LogP contribution in [0.15, 0.2) is 0 Å². The number of hydrogen-bond acceptors (Lipinski definition) is 2. The van der Waals surface area contributed by atoms with E-state index >= 15 is 0 Å². The van der Waals surface area contributed by atoms with Crippen LogP contribution >= 0.6 is 0 Å². The van der Waals surface area contributed by atoms with Crippen LogP contribution in [0.25, 0.3) is 0 Å². The molecule has 1 aromatic rings. The van der Waals surface area contributed by atoms with Gasteiger partial charge in [0.1, 0.15) is 5.69 Å². The number of rotatable bonds is 3. The summed E-state index contributed by atoms with van der Waals surface area (Å²) < 4.78 is 26.8. The second-order valence-corrected chi connectivity index (χ2v) is 4.55. The van der Waals surface area contributed by atoms with Gasteiger partial charge in [0, 0.05) is 31.5 Å². The van der Waals surface area contributed by atoms with Gasteiger partial charge in [0.05, 0.1) is 5.69 Å². The van der Waals surface area contributed by atoms with Gasteiger partial charge in [-0.25, -0.2) is 8.78 Å². The Hall–Kier alpha value is -1.46. The molecule has 1 unspecified atom stereocenters. The van der Waals surface area contributed by atoms with Crippen molar-refractivity contribution >= 4 is 5.91 Å². The number of hydrogen-bond donors (Lipinski definition) is 1. The molecule has 1 aliphatic rings. The minimum absolute atomic E-state index is 0.0233. The number of amides is 1. The maximum Gasteiger partial charge on any atom is 0.269 e. The number of carbonyl (C=O) groups is 1. The molecule has 1 atom stereocenters. The molecule has 1 amide bonds. The second-order valence-electron chi connectivity index (χ2n) is 4.55. The van der Waals surface area contributed by atoms with Crippen molar-refractivity contribution in [2.45, 2.75) is 26.2 Å². The third-order valence-electron chi connectivity index (χ3n) is 3.20. The van der Waals surface area contributed by atoms with Crippen molar-refractivity contribution in [1.82, 2.24) is 15.1 Å². The quantitative estimate of drug-likeness (QED) is 0.872. The summed E-state index contributed by atoms with van der Waals surface area (Å²) in [6, 6.07) is 0. The lowest BCUT2D eigenvalue weighted by molar-refractivity contribution is 0.0888. The highest BCUT2D eigenvalue weighted by Gasteiger charge is 2.56. The van der Waals surface area contributed by atoms with E-state index in [1.165, 1.54) is 4.68 Å². The number of halogens is 2. The van der Waals surface area contributed by atoms with E-state index in [0.717, 1.165) is 11.3 Å². The molecular weight excluding hydrogens is 228 g/mol. The molecule has 94 valence electrons. The lowest BCUT2D eigenvalue weighted by atomic mass is 10.2. The Kier molecular flexibility index (Phi) is 2.67. The Morgan fingerprint density at radius 1 is 1.59 bits per heavy atom. The van der Waals surface area contributed by atoms with Crippen LogP contribution in [0.3, 0.4) is 0 Å². The van der Waals surface area contributed by atoms with E-state index in [0.29, 0.717) is 5.69 Å². The highest BCUT2D eigenvalue weighted by molar-refractivity contribution is 5.94. The number of nitrogens with zero attached hydrogens (tertiary/aromatic N) is 2. The first-order chi connectivity index (χ1) is 7.83. The Balaban J connectivity index is 2.00. The molecule has 1 heterocycles. The first-order valence-electron chi connectivity index (χ1n) is 5.49. The Labute approximate surface area is 98.0 Å². The van der Waals surface area contributed by atoms with E-state index in [-0.39, 0.29) is 18.9 Å². The molecular formula is C11H15F2N3O. The number of aryl methyl sites for hydroxylation is 2. The zero-order valence-corrected chi connectivity index (χ0v) is 10.1. The van der Waals surface area contributed by atoms with E-state index in [1.807, 2.05) is 0 Å². The molecule has 2 rings (SSSR count). The summed E-state index contributed by atoms with van der Waals surface area (Å²) in [5, 5.41) is 6.64. The van der Waals surface area contributed by atoms with Crippen molar-refractivity contribution < 1.29 is 13.6 Å². The highest BCUT2D eigenvalue weighted by atomic mass is 19.3. The van der Waals surface area contributed by atoms with E-state index in [9.17, 15) is 13.6 Å².